The van der Waals surface area contributed by atoms with Crippen molar-refractivity contribution >= 4 is 5.97 Å². The molecule has 0 radical (unpaired) electrons. The van der Waals surface area contributed by atoms with Crippen molar-refractivity contribution in [2.24, 2.45) is 29.6 Å². The third-order valence-electron chi connectivity index (χ3n) is 7.23. The SMILES string of the molecule is CC1CCC(C2CCC(C(=O)OC3CC(F)C(C#N)C(F)C3)CC(F)C2)CC1. The molecule has 0 heterocycles. The molecule has 3 aliphatic rings. The van der Waals surface area contributed by atoms with Gasteiger partial charge in [-0.05, 0) is 56.3 Å². The maximum absolute atomic E-state index is 14.6. The molecular weight excluding hydrogens is 367 g/mol. The third kappa shape index (κ3) is 5.21. The first kappa shape index (κ1) is 21.5. The molecule has 5 atom stereocenters. The number of halogens is 3. The van der Waals surface area contributed by atoms with E-state index in [0.29, 0.717) is 24.7 Å². The molecule has 28 heavy (non-hydrogen) atoms. The van der Waals surface area contributed by atoms with E-state index in [1.165, 1.54) is 12.8 Å². The molecule has 0 saturated heterocycles. The first-order valence-corrected chi connectivity index (χ1v) is 10.9. The van der Waals surface area contributed by atoms with Crippen LogP contribution >= 0.6 is 0 Å². The van der Waals surface area contributed by atoms with E-state index in [1.807, 2.05) is 0 Å². The molecule has 3 aliphatic carbocycles. The second kappa shape index (κ2) is 9.50. The highest BCUT2D eigenvalue weighted by atomic mass is 19.1. The molecule has 158 valence electrons. The van der Waals surface area contributed by atoms with Gasteiger partial charge in [0.25, 0.3) is 0 Å². The van der Waals surface area contributed by atoms with Crippen LogP contribution < -0.4 is 0 Å². The van der Waals surface area contributed by atoms with Crippen molar-refractivity contribution in [3.05, 3.63) is 0 Å². The Morgan fingerprint density at radius 3 is 2.11 bits per heavy atom. The molecule has 6 heteroatoms. The Morgan fingerprint density at radius 1 is 0.893 bits per heavy atom. The molecule has 0 aromatic heterocycles. The zero-order valence-corrected chi connectivity index (χ0v) is 16.7. The lowest BCUT2D eigenvalue weighted by molar-refractivity contribution is -0.159. The maximum Gasteiger partial charge on any atom is 0.309 e. The van der Waals surface area contributed by atoms with Crippen molar-refractivity contribution in [2.75, 3.05) is 0 Å². The zero-order valence-electron chi connectivity index (χ0n) is 16.7. The number of ether oxygens (including phenoxy) is 1. The average molecular weight is 399 g/mol. The number of nitrogens with zero attached hydrogens (tertiary/aromatic N) is 1. The van der Waals surface area contributed by atoms with Gasteiger partial charge < -0.3 is 4.74 Å². The predicted octanol–water partition coefficient (Wildman–Crippen LogP) is 5.48. The summed E-state index contributed by atoms with van der Waals surface area (Å²) < 4.78 is 47.8. The van der Waals surface area contributed by atoms with E-state index in [9.17, 15) is 18.0 Å². The second-order valence-corrected chi connectivity index (χ2v) is 9.34. The number of alkyl halides is 3. The Bertz CT molecular complexity index is 561. The Labute approximate surface area is 166 Å². The van der Waals surface area contributed by atoms with E-state index in [2.05, 4.69) is 6.92 Å². The van der Waals surface area contributed by atoms with Crippen LogP contribution in [0.1, 0.15) is 71.1 Å². The summed E-state index contributed by atoms with van der Waals surface area (Å²) in [5, 5.41) is 8.83. The summed E-state index contributed by atoms with van der Waals surface area (Å²) in [5.41, 5.74) is 0. The summed E-state index contributed by atoms with van der Waals surface area (Å²) >= 11 is 0. The number of nitriles is 1. The Hall–Kier alpha value is -1.25. The van der Waals surface area contributed by atoms with Crippen molar-refractivity contribution < 1.29 is 22.7 Å². The summed E-state index contributed by atoms with van der Waals surface area (Å²) in [5.74, 6) is -0.739. The first-order valence-electron chi connectivity index (χ1n) is 10.9. The zero-order chi connectivity index (χ0) is 20.3. The normalized spacial score (nSPS) is 44.9. The molecule has 3 nitrogen and oxygen atoms in total. The van der Waals surface area contributed by atoms with Gasteiger partial charge in [-0.15, -0.1) is 0 Å². The van der Waals surface area contributed by atoms with Gasteiger partial charge >= 0.3 is 5.97 Å². The molecule has 3 rings (SSSR count). The van der Waals surface area contributed by atoms with Crippen LogP contribution in [0.15, 0.2) is 0 Å². The van der Waals surface area contributed by atoms with Crippen molar-refractivity contribution in [1.29, 1.82) is 5.26 Å². The van der Waals surface area contributed by atoms with Crippen LogP contribution in [0.2, 0.25) is 0 Å². The summed E-state index contributed by atoms with van der Waals surface area (Å²) in [6, 6.07) is 1.65. The van der Waals surface area contributed by atoms with Gasteiger partial charge in [-0.3, -0.25) is 4.79 Å². The van der Waals surface area contributed by atoms with E-state index < -0.39 is 42.4 Å². The van der Waals surface area contributed by atoms with Crippen LogP contribution in [0.4, 0.5) is 13.2 Å². The fourth-order valence-corrected chi connectivity index (χ4v) is 5.42. The molecule has 0 aromatic rings. The lowest BCUT2D eigenvalue weighted by Gasteiger charge is -2.32. The van der Waals surface area contributed by atoms with Gasteiger partial charge in [-0.25, -0.2) is 13.2 Å². The molecule has 0 amide bonds. The molecule has 0 bridgehead atoms. The first-order chi connectivity index (χ1) is 13.4. The minimum Gasteiger partial charge on any atom is -0.462 e. The van der Waals surface area contributed by atoms with Crippen molar-refractivity contribution in [2.45, 2.75) is 95.8 Å². The topological polar surface area (TPSA) is 50.1 Å². The Kier molecular flexibility index (Phi) is 7.28. The number of carbonyl (C=O) groups excluding carboxylic acids is 1. The number of hydrogen-bond acceptors (Lipinski definition) is 3. The Balaban J connectivity index is 1.52. The van der Waals surface area contributed by atoms with Gasteiger partial charge in [0.05, 0.1) is 12.0 Å². The minimum atomic E-state index is -1.63. The van der Waals surface area contributed by atoms with Crippen LogP contribution in [0.25, 0.3) is 0 Å². The van der Waals surface area contributed by atoms with E-state index in [1.54, 1.807) is 6.07 Å². The monoisotopic (exact) mass is 399 g/mol. The molecule has 0 aliphatic heterocycles. The smallest absolute Gasteiger partial charge is 0.309 e. The van der Waals surface area contributed by atoms with Crippen LogP contribution in [-0.2, 0) is 9.53 Å². The molecule has 0 aromatic carbocycles. The highest BCUT2D eigenvalue weighted by Gasteiger charge is 2.41. The highest BCUT2D eigenvalue weighted by Crippen LogP contribution is 2.41. The quantitative estimate of drug-likeness (QED) is 0.466. The van der Waals surface area contributed by atoms with Crippen LogP contribution in [0.5, 0.6) is 0 Å². The van der Waals surface area contributed by atoms with Crippen LogP contribution in [0.3, 0.4) is 0 Å². The van der Waals surface area contributed by atoms with Crippen LogP contribution in [-0.4, -0.2) is 30.6 Å². The molecule has 3 saturated carbocycles. The molecule has 0 spiro atoms. The lowest BCUT2D eigenvalue weighted by atomic mass is 9.74. The fraction of sp³-hybridized carbons (Fsp3) is 0.909. The van der Waals surface area contributed by atoms with Crippen molar-refractivity contribution in [1.82, 2.24) is 0 Å². The van der Waals surface area contributed by atoms with E-state index in [0.717, 1.165) is 25.2 Å². The van der Waals surface area contributed by atoms with Gasteiger partial charge in [0, 0.05) is 12.8 Å². The van der Waals surface area contributed by atoms with Gasteiger partial charge in [0.2, 0.25) is 0 Å². The van der Waals surface area contributed by atoms with E-state index in [-0.39, 0.29) is 19.3 Å². The molecule has 0 N–H and O–H groups in total. The highest BCUT2D eigenvalue weighted by molar-refractivity contribution is 5.72. The van der Waals surface area contributed by atoms with Crippen molar-refractivity contribution in [3.63, 3.8) is 0 Å². The number of rotatable bonds is 3. The van der Waals surface area contributed by atoms with Gasteiger partial charge in [0.1, 0.15) is 30.5 Å². The number of esters is 1. The standard InChI is InChI=1S/C22H32F3NO2/c1-13-2-4-14(5-3-13)15-6-7-16(9-17(23)8-15)22(27)28-18-10-20(24)19(12-26)21(25)11-18/h13-21H,2-11H2,1H3. The number of hydrogen-bond donors (Lipinski definition) is 0. The van der Waals surface area contributed by atoms with E-state index in [4.69, 9.17) is 10.00 Å². The average Bonchev–Trinajstić information content (AvgIpc) is 2.84. The minimum absolute atomic E-state index is 0.143. The summed E-state index contributed by atoms with van der Waals surface area (Å²) in [6.45, 7) is 2.27. The molecule has 5 unspecified atom stereocenters. The van der Waals surface area contributed by atoms with E-state index >= 15 is 0 Å². The van der Waals surface area contributed by atoms with Gasteiger partial charge in [0.15, 0.2) is 0 Å². The van der Waals surface area contributed by atoms with Gasteiger partial charge in [-0.2, -0.15) is 5.26 Å². The fourth-order valence-electron chi connectivity index (χ4n) is 5.42. The lowest BCUT2D eigenvalue weighted by Crippen LogP contribution is -2.40. The molecular formula is C22H32F3NO2. The summed E-state index contributed by atoms with van der Waals surface area (Å²) in [4.78, 5) is 12.6. The number of carbonyl (C=O) groups is 1. The largest absolute Gasteiger partial charge is 0.462 e. The predicted molar refractivity (Wildman–Crippen MR) is 99.5 cm³/mol. The summed E-state index contributed by atoms with van der Waals surface area (Å²) in [7, 11) is 0. The summed E-state index contributed by atoms with van der Waals surface area (Å²) in [6.07, 6.45) is 1.28. The van der Waals surface area contributed by atoms with Crippen molar-refractivity contribution in [3.8, 4) is 6.07 Å². The third-order valence-corrected chi connectivity index (χ3v) is 7.23. The molecule has 3 fully saturated rings. The Morgan fingerprint density at radius 2 is 1.50 bits per heavy atom. The van der Waals surface area contributed by atoms with Crippen LogP contribution in [0, 0.1) is 40.9 Å². The van der Waals surface area contributed by atoms with Gasteiger partial charge in [-0.1, -0.05) is 19.8 Å². The maximum atomic E-state index is 14.6. The second-order valence-electron chi connectivity index (χ2n) is 9.34.